The Morgan fingerprint density at radius 2 is 1.92 bits per heavy atom. The molecule has 3 rings (SSSR count). The summed E-state index contributed by atoms with van der Waals surface area (Å²) in [6, 6.07) is 14.7. The summed E-state index contributed by atoms with van der Waals surface area (Å²) in [4.78, 5) is 28.8. The molecule has 1 atom stereocenters. The van der Waals surface area contributed by atoms with Crippen LogP contribution < -0.4 is 19.9 Å². The Hall–Kier alpha value is -3.02. The van der Waals surface area contributed by atoms with Gasteiger partial charge in [0.05, 0.1) is 30.7 Å². The van der Waals surface area contributed by atoms with Crippen LogP contribution in [-0.4, -0.2) is 38.6 Å². The van der Waals surface area contributed by atoms with Crippen molar-refractivity contribution in [2.45, 2.75) is 19.4 Å². The van der Waals surface area contributed by atoms with Gasteiger partial charge in [-0.2, -0.15) is 0 Å². The maximum absolute atomic E-state index is 13.1. The van der Waals surface area contributed by atoms with E-state index in [0.717, 1.165) is 11.4 Å². The third-order valence-corrected chi connectivity index (χ3v) is 4.50. The number of nitrogens with zero attached hydrogens (tertiary/aromatic N) is 2. The van der Waals surface area contributed by atoms with E-state index >= 15 is 0 Å². The standard InChI is InChI=1S/C20H23N3O3/c1-14-12-19(24)21-15-8-4-5-9-16(15)23(14)20(25)13-22(2)17-10-6-7-11-18(17)26-3/h4-11,14H,12-13H2,1-3H3,(H,21,24). The van der Waals surface area contributed by atoms with Gasteiger partial charge in [0.2, 0.25) is 11.8 Å². The van der Waals surface area contributed by atoms with E-state index < -0.39 is 0 Å². The second-order valence-electron chi connectivity index (χ2n) is 6.41. The number of nitrogens with one attached hydrogen (secondary N) is 1. The lowest BCUT2D eigenvalue weighted by Gasteiger charge is -2.30. The highest BCUT2D eigenvalue weighted by molar-refractivity contribution is 6.05. The van der Waals surface area contributed by atoms with Crippen LogP contribution in [0.4, 0.5) is 17.1 Å². The van der Waals surface area contributed by atoms with Crippen LogP contribution in [0.1, 0.15) is 13.3 Å². The predicted molar refractivity (Wildman–Crippen MR) is 103 cm³/mol. The van der Waals surface area contributed by atoms with Crippen molar-refractivity contribution >= 4 is 28.9 Å². The minimum Gasteiger partial charge on any atom is -0.495 e. The highest BCUT2D eigenvalue weighted by atomic mass is 16.5. The average molecular weight is 353 g/mol. The lowest BCUT2D eigenvalue weighted by molar-refractivity contribution is -0.118. The van der Waals surface area contributed by atoms with Gasteiger partial charge in [-0.25, -0.2) is 0 Å². The van der Waals surface area contributed by atoms with Crippen LogP contribution in [0.2, 0.25) is 0 Å². The Morgan fingerprint density at radius 1 is 1.23 bits per heavy atom. The molecule has 0 aromatic heterocycles. The van der Waals surface area contributed by atoms with Crippen molar-refractivity contribution < 1.29 is 14.3 Å². The molecule has 1 unspecified atom stereocenters. The molecule has 0 radical (unpaired) electrons. The summed E-state index contributed by atoms with van der Waals surface area (Å²) in [5.74, 6) is 0.553. The first-order valence-corrected chi connectivity index (χ1v) is 8.56. The number of carbonyl (C=O) groups is 2. The maximum atomic E-state index is 13.1. The van der Waals surface area contributed by atoms with Crippen molar-refractivity contribution in [2.24, 2.45) is 0 Å². The number of amides is 2. The fourth-order valence-electron chi connectivity index (χ4n) is 3.28. The van der Waals surface area contributed by atoms with Gasteiger partial charge in [0.15, 0.2) is 0 Å². The largest absolute Gasteiger partial charge is 0.495 e. The van der Waals surface area contributed by atoms with Gasteiger partial charge in [0.25, 0.3) is 0 Å². The number of hydrogen-bond donors (Lipinski definition) is 1. The SMILES string of the molecule is COc1ccccc1N(C)CC(=O)N1c2ccccc2NC(=O)CC1C. The van der Waals surface area contributed by atoms with E-state index in [-0.39, 0.29) is 30.8 Å². The zero-order chi connectivity index (χ0) is 18.7. The van der Waals surface area contributed by atoms with Crippen LogP contribution in [0, 0.1) is 0 Å². The molecule has 26 heavy (non-hydrogen) atoms. The van der Waals surface area contributed by atoms with Crippen LogP contribution in [0.3, 0.4) is 0 Å². The molecule has 2 aromatic rings. The van der Waals surface area contributed by atoms with Crippen molar-refractivity contribution in [2.75, 3.05) is 35.8 Å². The fourth-order valence-corrected chi connectivity index (χ4v) is 3.28. The third-order valence-electron chi connectivity index (χ3n) is 4.50. The monoisotopic (exact) mass is 353 g/mol. The zero-order valence-corrected chi connectivity index (χ0v) is 15.2. The smallest absolute Gasteiger partial charge is 0.246 e. The fraction of sp³-hybridized carbons (Fsp3) is 0.300. The molecule has 0 fully saturated rings. The van der Waals surface area contributed by atoms with Gasteiger partial charge in [0.1, 0.15) is 5.75 Å². The summed E-state index contributed by atoms with van der Waals surface area (Å²) in [6.07, 6.45) is 0.263. The van der Waals surface area contributed by atoms with Gasteiger partial charge in [0, 0.05) is 19.5 Å². The van der Waals surface area contributed by atoms with E-state index in [1.165, 1.54) is 0 Å². The molecule has 1 N–H and O–H groups in total. The van der Waals surface area contributed by atoms with Crippen molar-refractivity contribution in [3.63, 3.8) is 0 Å². The number of methoxy groups -OCH3 is 1. The Morgan fingerprint density at radius 3 is 2.69 bits per heavy atom. The summed E-state index contributed by atoms with van der Waals surface area (Å²) in [5, 5.41) is 2.87. The summed E-state index contributed by atoms with van der Waals surface area (Å²) in [6.45, 7) is 2.07. The molecule has 1 heterocycles. The molecular formula is C20H23N3O3. The Bertz CT molecular complexity index is 821. The number of para-hydroxylation sites is 4. The zero-order valence-electron chi connectivity index (χ0n) is 15.2. The van der Waals surface area contributed by atoms with Crippen LogP contribution >= 0.6 is 0 Å². The van der Waals surface area contributed by atoms with Crippen LogP contribution in [0.5, 0.6) is 5.75 Å². The second-order valence-corrected chi connectivity index (χ2v) is 6.41. The maximum Gasteiger partial charge on any atom is 0.246 e. The van der Waals surface area contributed by atoms with Gasteiger partial charge >= 0.3 is 0 Å². The molecule has 0 bridgehead atoms. The minimum atomic E-state index is -0.225. The number of likely N-dealkylation sites (N-methyl/N-ethyl adjacent to an activating group) is 1. The molecule has 1 aliphatic rings. The van der Waals surface area contributed by atoms with Crippen LogP contribution in [-0.2, 0) is 9.59 Å². The van der Waals surface area contributed by atoms with E-state index in [4.69, 9.17) is 4.74 Å². The molecule has 0 saturated heterocycles. The Labute approximate surface area is 153 Å². The molecule has 0 saturated carbocycles. The number of anilines is 3. The first-order valence-electron chi connectivity index (χ1n) is 8.56. The normalized spacial score (nSPS) is 16.3. The van der Waals surface area contributed by atoms with E-state index in [0.29, 0.717) is 11.4 Å². The molecule has 136 valence electrons. The number of benzene rings is 2. The minimum absolute atomic E-state index is 0.0742. The molecule has 2 aromatic carbocycles. The molecule has 6 heteroatoms. The molecular weight excluding hydrogens is 330 g/mol. The summed E-state index contributed by atoms with van der Waals surface area (Å²) >= 11 is 0. The van der Waals surface area contributed by atoms with Gasteiger partial charge in [-0.1, -0.05) is 24.3 Å². The second kappa shape index (κ2) is 7.47. The topological polar surface area (TPSA) is 61.9 Å². The molecule has 2 amide bonds. The summed E-state index contributed by atoms with van der Waals surface area (Å²) in [7, 11) is 3.46. The molecule has 6 nitrogen and oxygen atoms in total. The molecule has 1 aliphatic heterocycles. The number of carbonyl (C=O) groups excluding carboxylic acids is 2. The quantitative estimate of drug-likeness (QED) is 0.918. The van der Waals surface area contributed by atoms with E-state index in [9.17, 15) is 9.59 Å². The van der Waals surface area contributed by atoms with Crippen LogP contribution in [0.15, 0.2) is 48.5 Å². The van der Waals surface area contributed by atoms with Gasteiger partial charge in [-0.05, 0) is 31.2 Å². The van der Waals surface area contributed by atoms with E-state index in [2.05, 4.69) is 5.32 Å². The van der Waals surface area contributed by atoms with Crippen molar-refractivity contribution in [3.05, 3.63) is 48.5 Å². The highest BCUT2D eigenvalue weighted by Gasteiger charge is 2.30. The van der Waals surface area contributed by atoms with Gasteiger partial charge in [-0.3, -0.25) is 9.59 Å². The first-order chi connectivity index (χ1) is 12.5. The van der Waals surface area contributed by atoms with Gasteiger partial charge < -0.3 is 19.9 Å². The molecule has 0 spiro atoms. The molecule has 0 aliphatic carbocycles. The van der Waals surface area contributed by atoms with E-state index in [1.807, 2.05) is 67.4 Å². The van der Waals surface area contributed by atoms with Crippen molar-refractivity contribution in [1.29, 1.82) is 0 Å². The highest BCUT2D eigenvalue weighted by Crippen LogP contribution is 2.32. The Balaban J connectivity index is 1.88. The predicted octanol–water partition coefficient (Wildman–Crippen LogP) is 2.90. The van der Waals surface area contributed by atoms with Gasteiger partial charge in [-0.15, -0.1) is 0 Å². The number of fused-ring (bicyclic) bond motifs is 1. The summed E-state index contributed by atoms with van der Waals surface area (Å²) < 4.78 is 5.38. The number of hydrogen-bond acceptors (Lipinski definition) is 4. The summed E-state index contributed by atoms with van der Waals surface area (Å²) in [5.41, 5.74) is 2.23. The van der Waals surface area contributed by atoms with E-state index in [1.54, 1.807) is 12.0 Å². The lowest BCUT2D eigenvalue weighted by atomic mass is 10.1. The van der Waals surface area contributed by atoms with Crippen LogP contribution in [0.25, 0.3) is 0 Å². The van der Waals surface area contributed by atoms with Crippen molar-refractivity contribution in [3.8, 4) is 5.75 Å². The third kappa shape index (κ3) is 3.49. The first kappa shape index (κ1) is 17.8. The average Bonchev–Trinajstić information content (AvgIpc) is 2.75. The Kier molecular flexibility index (Phi) is 5.11. The number of ether oxygens (including phenoxy) is 1. The van der Waals surface area contributed by atoms with Crippen molar-refractivity contribution in [1.82, 2.24) is 0 Å². The lowest BCUT2D eigenvalue weighted by Crippen LogP contribution is -2.44. The number of rotatable bonds is 4.